The van der Waals surface area contributed by atoms with Gasteiger partial charge in [0, 0.05) is 27.2 Å². The number of nitrogens with zero attached hydrogens (tertiary/aromatic N) is 1. The molecule has 0 aromatic carbocycles. The Labute approximate surface area is 90.0 Å². The molecule has 5 nitrogen and oxygen atoms in total. The molecule has 0 spiro atoms. The maximum Gasteiger partial charge on any atom is 0.326 e. The summed E-state index contributed by atoms with van der Waals surface area (Å²) in [6.07, 6.45) is 1.37. The fraction of sp³-hybridized carbons (Fsp3) is 0.800. The molecule has 1 unspecified atom stereocenters. The van der Waals surface area contributed by atoms with Crippen LogP contribution in [0.4, 0.5) is 0 Å². The number of carbonyl (C=O) groups is 2. The Morgan fingerprint density at radius 3 is 2.47 bits per heavy atom. The zero-order valence-corrected chi connectivity index (χ0v) is 9.52. The highest BCUT2D eigenvalue weighted by Crippen LogP contribution is 2.05. The van der Waals surface area contributed by atoms with E-state index in [2.05, 4.69) is 0 Å². The predicted octanol–water partition coefficient (Wildman–Crippen LogP) is 0.735. The molecule has 88 valence electrons. The van der Waals surface area contributed by atoms with Crippen LogP contribution >= 0.6 is 0 Å². The lowest BCUT2D eigenvalue weighted by Gasteiger charge is -2.23. The van der Waals surface area contributed by atoms with Crippen molar-refractivity contribution in [3.8, 4) is 0 Å². The maximum absolute atomic E-state index is 11.5. The second-order valence-electron chi connectivity index (χ2n) is 3.36. The zero-order valence-electron chi connectivity index (χ0n) is 9.52. The van der Waals surface area contributed by atoms with E-state index in [4.69, 9.17) is 9.84 Å². The number of aliphatic carboxylic acids is 1. The lowest BCUT2D eigenvalue weighted by Crippen LogP contribution is -2.41. The number of carboxylic acid groups (broad SMARTS) is 1. The zero-order chi connectivity index (χ0) is 11.8. The molecule has 0 heterocycles. The number of amides is 1. The first-order chi connectivity index (χ1) is 7.04. The Bertz CT molecular complexity index is 217. The summed E-state index contributed by atoms with van der Waals surface area (Å²) >= 11 is 0. The van der Waals surface area contributed by atoms with Crippen LogP contribution < -0.4 is 0 Å². The van der Waals surface area contributed by atoms with E-state index in [1.165, 1.54) is 11.9 Å². The predicted molar refractivity (Wildman–Crippen MR) is 55.6 cm³/mol. The van der Waals surface area contributed by atoms with Crippen molar-refractivity contribution in [1.82, 2.24) is 4.90 Å². The lowest BCUT2D eigenvalue weighted by molar-refractivity contribution is -0.149. The van der Waals surface area contributed by atoms with Gasteiger partial charge >= 0.3 is 5.97 Å². The Kier molecular flexibility index (Phi) is 6.70. The van der Waals surface area contributed by atoms with Gasteiger partial charge in [-0.2, -0.15) is 0 Å². The van der Waals surface area contributed by atoms with Gasteiger partial charge in [0.2, 0.25) is 5.91 Å². The molecular weight excluding hydrogens is 198 g/mol. The standard InChI is InChI=1S/C10H19NO4/c1-4-8(10(13)14)11(2)9(12)6-5-7-15-3/h8H,4-7H2,1-3H3,(H,13,14). The van der Waals surface area contributed by atoms with Crippen LogP contribution in [0.3, 0.4) is 0 Å². The van der Waals surface area contributed by atoms with Gasteiger partial charge in [0.05, 0.1) is 0 Å². The van der Waals surface area contributed by atoms with E-state index in [-0.39, 0.29) is 5.91 Å². The molecule has 1 atom stereocenters. The van der Waals surface area contributed by atoms with Crippen molar-refractivity contribution in [1.29, 1.82) is 0 Å². The van der Waals surface area contributed by atoms with E-state index in [1.54, 1.807) is 14.0 Å². The molecule has 0 aliphatic rings. The van der Waals surface area contributed by atoms with E-state index < -0.39 is 12.0 Å². The molecule has 0 radical (unpaired) electrons. The van der Waals surface area contributed by atoms with Gasteiger partial charge in [0.1, 0.15) is 6.04 Å². The second-order valence-corrected chi connectivity index (χ2v) is 3.36. The van der Waals surface area contributed by atoms with Gasteiger partial charge in [-0.1, -0.05) is 6.92 Å². The molecule has 0 saturated carbocycles. The molecule has 0 saturated heterocycles. The molecule has 0 aliphatic heterocycles. The van der Waals surface area contributed by atoms with Crippen molar-refractivity contribution in [3.63, 3.8) is 0 Å². The van der Waals surface area contributed by atoms with E-state index in [0.717, 1.165) is 0 Å². The van der Waals surface area contributed by atoms with Crippen molar-refractivity contribution in [2.45, 2.75) is 32.2 Å². The van der Waals surface area contributed by atoms with E-state index >= 15 is 0 Å². The summed E-state index contributed by atoms with van der Waals surface area (Å²) in [4.78, 5) is 23.6. The summed E-state index contributed by atoms with van der Waals surface area (Å²) < 4.78 is 4.82. The largest absolute Gasteiger partial charge is 0.480 e. The second kappa shape index (κ2) is 7.23. The third kappa shape index (κ3) is 4.78. The average molecular weight is 217 g/mol. The first-order valence-electron chi connectivity index (χ1n) is 5.02. The molecule has 15 heavy (non-hydrogen) atoms. The minimum atomic E-state index is -0.958. The molecule has 5 heteroatoms. The van der Waals surface area contributed by atoms with Gasteiger partial charge in [0.25, 0.3) is 0 Å². The molecule has 0 aliphatic carbocycles. The monoisotopic (exact) mass is 217 g/mol. The average Bonchev–Trinajstić information content (AvgIpc) is 2.18. The molecular formula is C10H19NO4. The smallest absolute Gasteiger partial charge is 0.326 e. The first kappa shape index (κ1) is 13.9. The molecule has 0 aromatic rings. The number of hydrogen-bond donors (Lipinski definition) is 1. The van der Waals surface area contributed by atoms with Crippen LogP contribution in [0.2, 0.25) is 0 Å². The quantitative estimate of drug-likeness (QED) is 0.638. The number of rotatable bonds is 7. The summed E-state index contributed by atoms with van der Waals surface area (Å²) in [6.45, 7) is 2.27. The van der Waals surface area contributed by atoms with Crippen LogP contribution in [0, 0.1) is 0 Å². The van der Waals surface area contributed by atoms with Crippen LogP contribution in [0.1, 0.15) is 26.2 Å². The van der Waals surface area contributed by atoms with Crippen molar-refractivity contribution in [3.05, 3.63) is 0 Å². The van der Waals surface area contributed by atoms with Crippen molar-refractivity contribution in [2.24, 2.45) is 0 Å². The Morgan fingerprint density at radius 2 is 2.07 bits per heavy atom. The van der Waals surface area contributed by atoms with Gasteiger partial charge < -0.3 is 14.7 Å². The van der Waals surface area contributed by atoms with E-state index in [9.17, 15) is 9.59 Å². The SMILES string of the molecule is CCC(C(=O)O)N(C)C(=O)CCCOC. The minimum Gasteiger partial charge on any atom is -0.480 e. The highest BCUT2D eigenvalue weighted by molar-refractivity contribution is 5.83. The number of hydrogen-bond acceptors (Lipinski definition) is 3. The van der Waals surface area contributed by atoms with Crippen LogP contribution in [0.25, 0.3) is 0 Å². The Morgan fingerprint density at radius 1 is 1.47 bits per heavy atom. The topological polar surface area (TPSA) is 66.8 Å². The van der Waals surface area contributed by atoms with Crippen molar-refractivity contribution >= 4 is 11.9 Å². The van der Waals surface area contributed by atoms with Gasteiger partial charge in [-0.3, -0.25) is 4.79 Å². The van der Waals surface area contributed by atoms with E-state index in [1.807, 2.05) is 0 Å². The van der Waals surface area contributed by atoms with Crippen molar-refractivity contribution in [2.75, 3.05) is 20.8 Å². The first-order valence-corrected chi connectivity index (χ1v) is 5.02. The van der Waals surface area contributed by atoms with Crippen LogP contribution in [-0.4, -0.2) is 48.7 Å². The van der Waals surface area contributed by atoms with Gasteiger partial charge in [-0.15, -0.1) is 0 Å². The molecule has 1 N–H and O–H groups in total. The van der Waals surface area contributed by atoms with Crippen molar-refractivity contribution < 1.29 is 19.4 Å². The number of ether oxygens (including phenoxy) is 1. The Balaban J connectivity index is 4.10. The molecule has 0 fully saturated rings. The van der Waals surface area contributed by atoms with Crippen LogP contribution in [0.5, 0.6) is 0 Å². The summed E-state index contributed by atoms with van der Waals surface area (Å²) in [7, 11) is 3.09. The maximum atomic E-state index is 11.5. The number of carboxylic acids is 1. The van der Waals surface area contributed by atoms with Gasteiger partial charge in [-0.05, 0) is 12.8 Å². The molecule has 0 aromatic heterocycles. The summed E-state index contributed by atoms with van der Waals surface area (Å²) in [5.41, 5.74) is 0. The third-order valence-electron chi connectivity index (χ3n) is 2.27. The fourth-order valence-corrected chi connectivity index (χ4v) is 1.33. The Hall–Kier alpha value is -1.10. The summed E-state index contributed by atoms with van der Waals surface area (Å²) in [6, 6.07) is -0.722. The molecule has 0 bridgehead atoms. The molecule has 1 amide bonds. The van der Waals surface area contributed by atoms with Crippen LogP contribution in [-0.2, 0) is 14.3 Å². The minimum absolute atomic E-state index is 0.152. The summed E-state index contributed by atoms with van der Waals surface area (Å²) in [5.74, 6) is -1.11. The highest BCUT2D eigenvalue weighted by atomic mass is 16.5. The third-order valence-corrected chi connectivity index (χ3v) is 2.27. The van der Waals surface area contributed by atoms with Gasteiger partial charge in [-0.25, -0.2) is 4.79 Å². The number of methoxy groups -OCH3 is 1. The van der Waals surface area contributed by atoms with Crippen LogP contribution in [0.15, 0.2) is 0 Å². The van der Waals surface area contributed by atoms with E-state index in [0.29, 0.717) is 25.9 Å². The fourth-order valence-electron chi connectivity index (χ4n) is 1.33. The lowest BCUT2D eigenvalue weighted by atomic mass is 10.2. The number of carbonyl (C=O) groups excluding carboxylic acids is 1. The normalized spacial score (nSPS) is 12.2. The molecule has 0 rings (SSSR count). The number of likely N-dealkylation sites (N-methyl/N-ethyl adjacent to an activating group) is 1. The van der Waals surface area contributed by atoms with Gasteiger partial charge in [0.15, 0.2) is 0 Å². The highest BCUT2D eigenvalue weighted by Gasteiger charge is 2.23. The summed E-state index contributed by atoms with van der Waals surface area (Å²) in [5, 5.41) is 8.85.